The highest BCUT2D eigenvalue weighted by Gasteiger charge is 2.34. The van der Waals surface area contributed by atoms with Gasteiger partial charge in [0.1, 0.15) is 5.69 Å². The van der Waals surface area contributed by atoms with Crippen LogP contribution in [0.1, 0.15) is 33.8 Å². The number of halogens is 2. The lowest BCUT2D eigenvalue weighted by molar-refractivity contribution is 0.0934. The van der Waals surface area contributed by atoms with Crippen molar-refractivity contribution in [2.45, 2.75) is 13.0 Å². The fraction of sp³-hybridized carbons (Fsp3) is 0.214. The molecule has 3 rings (SSSR count). The van der Waals surface area contributed by atoms with Crippen LogP contribution in [0.4, 0.5) is 5.69 Å². The topological polar surface area (TPSA) is 81.2 Å². The quantitative estimate of drug-likeness (QED) is 0.913. The summed E-state index contributed by atoms with van der Waals surface area (Å²) in [5.74, 6) is -1.03. The summed E-state index contributed by atoms with van der Waals surface area (Å²) in [6.45, 7) is 2.31. The average molecular weight is 339 g/mol. The van der Waals surface area contributed by atoms with Gasteiger partial charge in [-0.25, -0.2) is 0 Å². The molecule has 2 aromatic rings. The molecule has 1 aliphatic heterocycles. The number of benzene rings is 1. The first-order valence-corrected chi connectivity index (χ1v) is 7.30. The minimum Gasteiger partial charge on any atom is -0.365 e. The Morgan fingerprint density at radius 2 is 2.09 bits per heavy atom. The molecule has 1 aliphatic rings. The van der Waals surface area contributed by atoms with E-state index < -0.39 is 5.91 Å². The van der Waals surface area contributed by atoms with Crippen molar-refractivity contribution in [3.05, 3.63) is 45.7 Å². The molecule has 0 aliphatic carbocycles. The third-order valence-corrected chi connectivity index (χ3v) is 4.33. The molecule has 6 nitrogen and oxygen atoms in total. The molecule has 0 saturated carbocycles. The summed E-state index contributed by atoms with van der Waals surface area (Å²) in [4.78, 5) is 25.8. The molecule has 114 valence electrons. The van der Waals surface area contributed by atoms with Gasteiger partial charge in [0.15, 0.2) is 0 Å². The lowest BCUT2D eigenvalue weighted by Gasteiger charge is -2.32. The molecule has 0 bridgehead atoms. The molecule has 0 radical (unpaired) electrons. The molecule has 22 heavy (non-hydrogen) atoms. The van der Waals surface area contributed by atoms with Crippen LogP contribution in [0.15, 0.2) is 24.4 Å². The van der Waals surface area contributed by atoms with Gasteiger partial charge < -0.3 is 10.6 Å². The van der Waals surface area contributed by atoms with Gasteiger partial charge in [-0.1, -0.05) is 23.2 Å². The molecular formula is C14H12Cl2N4O2. The second-order valence-corrected chi connectivity index (χ2v) is 5.89. The van der Waals surface area contributed by atoms with Crippen LogP contribution in [0.3, 0.4) is 0 Å². The lowest BCUT2D eigenvalue weighted by atomic mass is 10.1. The number of carbonyl (C=O) groups is 2. The number of anilines is 1. The third-order valence-electron chi connectivity index (χ3n) is 3.59. The van der Waals surface area contributed by atoms with Crippen molar-refractivity contribution in [3.8, 4) is 0 Å². The van der Waals surface area contributed by atoms with E-state index in [4.69, 9.17) is 28.9 Å². The Balaban J connectivity index is 2.09. The zero-order valence-electron chi connectivity index (χ0n) is 11.6. The summed E-state index contributed by atoms with van der Waals surface area (Å²) in [7, 11) is 0. The largest absolute Gasteiger partial charge is 0.365 e. The van der Waals surface area contributed by atoms with Crippen LogP contribution in [0.25, 0.3) is 0 Å². The number of carbonyl (C=O) groups excluding carboxylic acids is 2. The Hall–Kier alpha value is -2.05. The number of aromatic nitrogens is 2. The SMILES string of the molecule is C[C@H]1CN(c2ccc(Cl)c(Cl)c2)C(=O)c2c(C(N)=O)cnn21. The van der Waals surface area contributed by atoms with Crippen molar-refractivity contribution >= 4 is 40.7 Å². The van der Waals surface area contributed by atoms with E-state index in [9.17, 15) is 9.59 Å². The molecule has 1 aromatic heterocycles. The van der Waals surface area contributed by atoms with E-state index in [2.05, 4.69) is 5.10 Å². The zero-order valence-corrected chi connectivity index (χ0v) is 13.1. The van der Waals surface area contributed by atoms with Crippen LogP contribution in [0.2, 0.25) is 10.0 Å². The van der Waals surface area contributed by atoms with Gasteiger partial charge in [0.25, 0.3) is 11.8 Å². The van der Waals surface area contributed by atoms with Crippen LogP contribution < -0.4 is 10.6 Å². The molecule has 1 aromatic carbocycles. The minimum absolute atomic E-state index is 0.102. The standard InChI is InChI=1S/C14H12Cl2N4O2/c1-7-6-19(8-2-3-10(15)11(16)4-8)14(22)12-9(13(17)21)5-18-20(7)12/h2-5,7H,6H2,1H3,(H2,17,21)/t7-/m0/s1. The molecule has 2 amide bonds. The Morgan fingerprint density at radius 1 is 1.36 bits per heavy atom. The van der Waals surface area contributed by atoms with E-state index in [1.54, 1.807) is 18.2 Å². The number of fused-ring (bicyclic) bond motifs is 1. The van der Waals surface area contributed by atoms with Crippen LogP contribution in [0, 0.1) is 0 Å². The van der Waals surface area contributed by atoms with E-state index in [1.807, 2.05) is 6.92 Å². The maximum atomic E-state index is 12.7. The van der Waals surface area contributed by atoms with Gasteiger partial charge in [-0.05, 0) is 25.1 Å². The fourth-order valence-electron chi connectivity index (χ4n) is 2.52. The Labute approximate surface area is 136 Å². The summed E-state index contributed by atoms with van der Waals surface area (Å²) in [6, 6.07) is 4.84. The Bertz CT molecular complexity index is 787. The van der Waals surface area contributed by atoms with E-state index in [1.165, 1.54) is 15.8 Å². The van der Waals surface area contributed by atoms with Crippen molar-refractivity contribution < 1.29 is 9.59 Å². The number of hydrogen-bond acceptors (Lipinski definition) is 3. The van der Waals surface area contributed by atoms with Crippen molar-refractivity contribution in [1.82, 2.24) is 9.78 Å². The molecule has 1 atom stereocenters. The molecular weight excluding hydrogens is 327 g/mol. The van der Waals surface area contributed by atoms with Crippen LogP contribution in [0.5, 0.6) is 0 Å². The van der Waals surface area contributed by atoms with Crippen molar-refractivity contribution in [1.29, 1.82) is 0 Å². The lowest BCUT2D eigenvalue weighted by Crippen LogP contribution is -2.43. The van der Waals surface area contributed by atoms with E-state index in [0.29, 0.717) is 22.3 Å². The van der Waals surface area contributed by atoms with Gasteiger partial charge in [0.2, 0.25) is 0 Å². The molecule has 0 saturated heterocycles. The second kappa shape index (κ2) is 5.30. The van der Waals surface area contributed by atoms with Gasteiger partial charge in [-0.3, -0.25) is 14.3 Å². The normalized spacial score (nSPS) is 17.5. The number of amides is 2. The first kappa shape index (κ1) is 14.9. The molecule has 0 spiro atoms. The molecule has 0 unspecified atom stereocenters. The second-order valence-electron chi connectivity index (χ2n) is 5.08. The maximum Gasteiger partial charge on any atom is 0.277 e. The van der Waals surface area contributed by atoms with Crippen LogP contribution in [-0.4, -0.2) is 28.1 Å². The van der Waals surface area contributed by atoms with Gasteiger partial charge in [-0.15, -0.1) is 0 Å². The zero-order chi connectivity index (χ0) is 16.0. The summed E-state index contributed by atoms with van der Waals surface area (Å²) in [5.41, 5.74) is 6.23. The first-order chi connectivity index (χ1) is 10.4. The maximum absolute atomic E-state index is 12.7. The molecule has 8 heteroatoms. The third kappa shape index (κ3) is 2.24. The van der Waals surface area contributed by atoms with Gasteiger partial charge in [0, 0.05) is 12.2 Å². The average Bonchev–Trinajstić information content (AvgIpc) is 2.92. The highest BCUT2D eigenvalue weighted by Crippen LogP contribution is 2.31. The molecule has 2 heterocycles. The summed E-state index contributed by atoms with van der Waals surface area (Å²) in [5, 5.41) is 4.85. The van der Waals surface area contributed by atoms with Crippen molar-refractivity contribution in [2.75, 3.05) is 11.4 Å². The molecule has 2 N–H and O–H groups in total. The van der Waals surface area contributed by atoms with E-state index >= 15 is 0 Å². The summed E-state index contributed by atoms with van der Waals surface area (Å²) < 4.78 is 1.52. The number of rotatable bonds is 2. The summed E-state index contributed by atoms with van der Waals surface area (Å²) in [6.07, 6.45) is 1.32. The fourth-order valence-corrected chi connectivity index (χ4v) is 2.81. The predicted molar refractivity (Wildman–Crippen MR) is 83.6 cm³/mol. The molecule has 0 fully saturated rings. The predicted octanol–water partition coefficient (Wildman–Crippen LogP) is 2.51. The van der Waals surface area contributed by atoms with Gasteiger partial charge in [-0.2, -0.15) is 5.10 Å². The van der Waals surface area contributed by atoms with E-state index in [0.717, 1.165) is 0 Å². The smallest absolute Gasteiger partial charge is 0.277 e. The van der Waals surface area contributed by atoms with Crippen LogP contribution >= 0.6 is 23.2 Å². The minimum atomic E-state index is -0.683. The van der Waals surface area contributed by atoms with E-state index in [-0.39, 0.29) is 23.2 Å². The highest BCUT2D eigenvalue weighted by atomic mass is 35.5. The van der Waals surface area contributed by atoms with Crippen LogP contribution in [-0.2, 0) is 0 Å². The highest BCUT2D eigenvalue weighted by molar-refractivity contribution is 6.42. The number of nitrogens with two attached hydrogens (primary N) is 1. The first-order valence-electron chi connectivity index (χ1n) is 6.54. The summed E-state index contributed by atoms with van der Waals surface area (Å²) >= 11 is 11.9. The Morgan fingerprint density at radius 3 is 2.73 bits per heavy atom. The Kier molecular flexibility index (Phi) is 3.58. The van der Waals surface area contributed by atoms with Crippen molar-refractivity contribution in [3.63, 3.8) is 0 Å². The van der Waals surface area contributed by atoms with Crippen molar-refractivity contribution in [2.24, 2.45) is 5.73 Å². The monoisotopic (exact) mass is 338 g/mol. The number of primary amides is 1. The number of nitrogens with zero attached hydrogens (tertiary/aromatic N) is 3. The van der Waals surface area contributed by atoms with Gasteiger partial charge in [0.05, 0.1) is 27.8 Å². The van der Waals surface area contributed by atoms with Gasteiger partial charge >= 0.3 is 0 Å². The number of hydrogen-bond donors (Lipinski definition) is 1.